The third-order valence-electron chi connectivity index (χ3n) is 3.29. The first-order valence-corrected chi connectivity index (χ1v) is 8.32. The van der Waals surface area contributed by atoms with Crippen LogP contribution < -0.4 is 4.90 Å². The van der Waals surface area contributed by atoms with Crippen LogP contribution in [0.25, 0.3) is 5.57 Å². The molecule has 2 aromatic rings. The van der Waals surface area contributed by atoms with Gasteiger partial charge < -0.3 is 0 Å². The van der Waals surface area contributed by atoms with Gasteiger partial charge in [0.25, 0.3) is 11.8 Å². The van der Waals surface area contributed by atoms with Crippen molar-refractivity contribution in [3.05, 3.63) is 67.6 Å². The zero-order valence-corrected chi connectivity index (χ0v) is 15.2. The van der Waals surface area contributed by atoms with Crippen molar-refractivity contribution in [3.63, 3.8) is 0 Å². The van der Waals surface area contributed by atoms with E-state index < -0.39 is 11.8 Å². The fourth-order valence-electron chi connectivity index (χ4n) is 2.28. The fourth-order valence-corrected chi connectivity index (χ4v) is 3.44. The number of hydrogen-bond acceptors (Lipinski definition) is 2. The van der Waals surface area contributed by atoms with E-state index in [1.165, 1.54) is 6.07 Å². The summed E-state index contributed by atoms with van der Waals surface area (Å²) in [5.74, 6) is -1.11. The zero-order chi connectivity index (χ0) is 16.7. The molecular formula is C16H7BrCl3NO2. The number of carbonyl (C=O) groups is 2. The molecule has 1 aliphatic heterocycles. The second-order valence-corrected chi connectivity index (χ2v) is 6.88. The SMILES string of the molecule is O=C1C(Cl)=C(c2ccc(Cl)cc2Cl)C(=O)N1c1cccc(Br)c1. The van der Waals surface area contributed by atoms with Crippen LogP contribution in [0.2, 0.25) is 10.0 Å². The van der Waals surface area contributed by atoms with Crippen LogP contribution >= 0.6 is 50.7 Å². The lowest BCUT2D eigenvalue weighted by Gasteiger charge is -2.15. The Bertz CT molecular complexity index is 879. The number of nitrogens with zero attached hydrogens (tertiary/aromatic N) is 1. The normalized spacial score (nSPS) is 14.9. The van der Waals surface area contributed by atoms with Crippen LogP contribution in [0.5, 0.6) is 0 Å². The number of benzene rings is 2. The van der Waals surface area contributed by atoms with Gasteiger partial charge in [0.05, 0.1) is 16.3 Å². The Labute approximate surface area is 155 Å². The number of imide groups is 1. The molecule has 3 nitrogen and oxygen atoms in total. The molecule has 1 heterocycles. The first-order chi connectivity index (χ1) is 10.9. The second-order valence-electron chi connectivity index (χ2n) is 4.74. The minimum Gasteiger partial charge on any atom is -0.268 e. The molecule has 2 aromatic carbocycles. The molecule has 7 heteroatoms. The lowest BCUT2D eigenvalue weighted by molar-refractivity contribution is -0.119. The molecular weight excluding hydrogens is 424 g/mol. The van der Waals surface area contributed by atoms with E-state index >= 15 is 0 Å². The molecule has 0 aliphatic carbocycles. The van der Waals surface area contributed by atoms with E-state index in [2.05, 4.69) is 15.9 Å². The first-order valence-electron chi connectivity index (χ1n) is 6.39. The van der Waals surface area contributed by atoms with Crippen molar-refractivity contribution in [2.45, 2.75) is 0 Å². The molecule has 0 atom stereocenters. The van der Waals surface area contributed by atoms with Gasteiger partial charge in [-0.1, -0.05) is 62.9 Å². The van der Waals surface area contributed by atoms with Crippen LogP contribution in [-0.2, 0) is 9.59 Å². The highest BCUT2D eigenvalue weighted by Gasteiger charge is 2.39. The van der Waals surface area contributed by atoms with E-state index in [1.54, 1.807) is 36.4 Å². The van der Waals surface area contributed by atoms with Crippen molar-refractivity contribution in [3.8, 4) is 0 Å². The summed E-state index contributed by atoms with van der Waals surface area (Å²) in [4.78, 5) is 26.2. The van der Waals surface area contributed by atoms with E-state index in [9.17, 15) is 9.59 Å². The Kier molecular flexibility index (Phi) is 4.52. The van der Waals surface area contributed by atoms with Crippen molar-refractivity contribution >= 4 is 73.8 Å². The van der Waals surface area contributed by atoms with Gasteiger partial charge in [0.15, 0.2) is 0 Å². The quantitative estimate of drug-likeness (QED) is 0.607. The summed E-state index contributed by atoms with van der Waals surface area (Å²) >= 11 is 21.4. The lowest BCUT2D eigenvalue weighted by atomic mass is 10.1. The summed E-state index contributed by atoms with van der Waals surface area (Å²) in [7, 11) is 0. The van der Waals surface area contributed by atoms with Gasteiger partial charge in [-0.05, 0) is 30.3 Å². The van der Waals surface area contributed by atoms with Crippen LogP contribution in [0.3, 0.4) is 0 Å². The number of hydrogen-bond donors (Lipinski definition) is 0. The predicted molar refractivity (Wildman–Crippen MR) is 95.9 cm³/mol. The van der Waals surface area contributed by atoms with Gasteiger partial charge in [0.1, 0.15) is 5.03 Å². The van der Waals surface area contributed by atoms with Crippen LogP contribution in [0, 0.1) is 0 Å². The van der Waals surface area contributed by atoms with E-state index in [-0.39, 0.29) is 15.6 Å². The number of rotatable bonds is 2. The number of carbonyl (C=O) groups excluding carboxylic acids is 2. The van der Waals surface area contributed by atoms with Gasteiger partial charge in [-0.25, -0.2) is 4.90 Å². The Balaban J connectivity index is 2.10. The van der Waals surface area contributed by atoms with Crippen molar-refractivity contribution in [2.75, 3.05) is 4.90 Å². The maximum atomic E-state index is 12.7. The fraction of sp³-hybridized carbons (Fsp3) is 0. The van der Waals surface area contributed by atoms with E-state index in [0.29, 0.717) is 16.3 Å². The van der Waals surface area contributed by atoms with Crippen LogP contribution in [0.15, 0.2) is 52.0 Å². The average molecular weight is 432 g/mol. The van der Waals surface area contributed by atoms with E-state index in [1.807, 2.05) is 0 Å². The monoisotopic (exact) mass is 429 g/mol. The van der Waals surface area contributed by atoms with Gasteiger partial charge in [0, 0.05) is 15.1 Å². The Hall–Kier alpha value is -1.33. The number of halogens is 4. The molecule has 0 saturated carbocycles. The third-order valence-corrected chi connectivity index (χ3v) is 4.69. The Morgan fingerprint density at radius 1 is 0.913 bits per heavy atom. The van der Waals surface area contributed by atoms with Gasteiger partial charge in [-0.15, -0.1) is 0 Å². The molecule has 116 valence electrons. The highest BCUT2D eigenvalue weighted by molar-refractivity contribution is 9.10. The molecule has 1 aliphatic rings. The van der Waals surface area contributed by atoms with Crippen molar-refractivity contribution < 1.29 is 9.59 Å². The van der Waals surface area contributed by atoms with Crippen LogP contribution in [-0.4, -0.2) is 11.8 Å². The minimum atomic E-state index is -0.587. The molecule has 0 saturated heterocycles. The number of anilines is 1. The molecule has 0 radical (unpaired) electrons. The largest absolute Gasteiger partial charge is 0.277 e. The third kappa shape index (κ3) is 2.92. The number of amides is 2. The predicted octanol–water partition coefficient (Wildman–Crippen LogP) is 5.28. The molecule has 0 spiro atoms. The highest BCUT2D eigenvalue weighted by Crippen LogP contribution is 2.38. The van der Waals surface area contributed by atoms with Crippen LogP contribution in [0.1, 0.15) is 5.56 Å². The minimum absolute atomic E-state index is 0.0679. The smallest absolute Gasteiger partial charge is 0.268 e. The van der Waals surface area contributed by atoms with Crippen molar-refractivity contribution in [1.82, 2.24) is 0 Å². The summed E-state index contributed by atoms with van der Waals surface area (Å²) in [5, 5.41) is 0.512. The standard InChI is InChI=1S/C16H7BrCl3NO2/c17-8-2-1-3-10(6-8)21-15(22)13(14(20)16(21)23)11-5-4-9(18)7-12(11)19/h1-7H. The topological polar surface area (TPSA) is 37.4 Å². The summed E-state index contributed by atoms with van der Waals surface area (Å²) in [5.41, 5.74) is 0.864. The molecule has 0 N–H and O–H groups in total. The van der Waals surface area contributed by atoms with Crippen molar-refractivity contribution in [1.29, 1.82) is 0 Å². The van der Waals surface area contributed by atoms with E-state index in [0.717, 1.165) is 9.37 Å². The summed E-state index contributed by atoms with van der Waals surface area (Å²) in [6.07, 6.45) is 0. The summed E-state index contributed by atoms with van der Waals surface area (Å²) in [6, 6.07) is 11.5. The molecule has 23 heavy (non-hydrogen) atoms. The average Bonchev–Trinajstić information content (AvgIpc) is 2.70. The zero-order valence-electron chi connectivity index (χ0n) is 11.3. The van der Waals surface area contributed by atoms with E-state index in [4.69, 9.17) is 34.8 Å². The summed E-state index contributed by atoms with van der Waals surface area (Å²) < 4.78 is 0.740. The van der Waals surface area contributed by atoms with Gasteiger partial charge in [-0.2, -0.15) is 0 Å². The Morgan fingerprint density at radius 3 is 2.30 bits per heavy atom. The molecule has 0 bridgehead atoms. The molecule has 0 fully saturated rings. The van der Waals surface area contributed by atoms with Gasteiger partial charge >= 0.3 is 0 Å². The van der Waals surface area contributed by atoms with Gasteiger partial charge in [0.2, 0.25) is 0 Å². The molecule has 2 amide bonds. The van der Waals surface area contributed by atoms with Gasteiger partial charge in [-0.3, -0.25) is 9.59 Å². The van der Waals surface area contributed by atoms with Crippen LogP contribution in [0.4, 0.5) is 5.69 Å². The Morgan fingerprint density at radius 2 is 1.65 bits per heavy atom. The highest BCUT2D eigenvalue weighted by atomic mass is 79.9. The molecule has 0 aromatic heterocycles. The second kappa shape index (κ2) is 6.29. The lowest BCUT2D eigenvalue weighted by Crippen LogP contribution is -2.31. The first kappa shape index (κ1) is 16.5. The molecule has 0 unspecified atom stereocenters. The van der Waals surface area contributed by atoms with Crippen molar-refractivity contribution in [2.24, 2.45) is 0 Å². The summed E-state index contributed by atoms with van der Waals surface area (Å²) in [6.45, 7) is 0. The maximum absolute atomic E-state index is 12.7. The molecule has 3 rings (SSSR count). The maximum Gasteiger partial charge on any atom is 0.277 e.